The molecule has 5 nitrogen and oxygen atoms in total. The number of hydrogen-bond donors (Lipinski definition) is 3. The molecule has 1 heterocycles. The van der Waals surface area contributed by atoms with E-state index in [0.29, 0.717) is 6.61 Å². The summed E-state index contributed by atoms with van der Waals surface area (Å²) in [6.07, 6.45) is -3.21. The van der Waals surface area contributed by atoms with Gasteiger partial charge in [-0.2, -0.15) is 0 Å². The molecule has 0 unspecified atom stereocenters. The van der Waals surface area contributed by atoms with Crippen LogP contribution in [-0.2, 0) is 16.1 Å². The summed E-state index contributed by atoms with van der Waals surface area (Å²) in [7, 11) is 0. The number of rotatable bonds is 4. The predicted octanol–water partition coefficient (Wildman–Crippen LogP) is 0.0323. The lowest BCUT2D eigenvalue weighted by molar-refractivity contribution is -0.260. The van der Waals surface area contributed by atoms with Crippen molar-refractivity contribution in [3.05, 3.63) is 35.9 Å². The van der Waals surface area contributed by atoms with Gasteiger partial charge < -0.3 is 24.8 Å². The third kappa shape index (κ3) is 3.28. The molecule has 1 aromatic carbocycles. The molecule has 3 N–H and O–H groups in total. The highest BCUT2D eigenvalue weighted by Crippen LogP contribution is 2.21. The van der Waals surface area contributed by atoms with Gasteiger partial charge in [-0.15, -0.1) is 0 Å². The molecule has 0 aromatic heterocycles. The van der Waals surface area contributed by atoms with Crippen LogP contribution in [0.4, 0.5) is 0 Å². The van der Waals surface area contributed by atoms with Crippen LogP contribution in [-0.4, -0.2) is 46.5 Å². The fraction of sp³-hybridized carbons (Fsp3) is 0.538. The van der Waals surface area contributed by atoms with Crippen LogP contribution in [0.3, 0.4) is 0 Å². The van der Waals surface area contributed by atoms with Crippen LogP contribution in [0.1, 0.15) is 12.0 Å². The van der Waals surface area contributed by atoms with Crippen LogP contribution in [0.5, 0.6) is 0 Å². The standard InChI is InChI=1S/C13H18O5/c14-7-11-13(16)10(15)6-12(18-11)17-8-9-4-2-1-3-5-9/h1-5,10-16H,6-8H2/t10-,11+,12-,13-/m0/s1. The second kappa shape index (κ2) is 6.26. The molecule has 0 spiro atoms. The number of aliphatic hydroxyl groups excluding tert-OH is 3. The largest absolute Gasteiger partial charge is 0.394 e. The molecule has 0 radical (unpaired) electrons. The van der Waals surface area contributed by atoms with Gasteiger partial charge in [0.25, 0.3) is 0 Å². The summed E-state index contributed by atoms with van der Waals surface area (Å²) in [5, 5.41) is 28.2. The smallest absolute Gasteiger partial charge is 0.161 e. The first-order valence-corrected chi connectivity index (χ1v) is 5.98. The average Bonchev–Trinajstić information content (AvgIpc) is 2.41. The van der Waals surface area contributed by atoms with Gasteiger partial charge in [-0.05, 0) is 5.56 Å². The van der Waals surface area contributed by atoms with E-state index in [2.05, 4.69) is 0 Å². The molecule has 1 aromatic rings. The van der Waals surface area contributed by atoms with Crippen LogP contribution in [0.15, 0.2) is 30.3 Å². The number of hydrogen-bond acceptors (Lipinski definition) is 5. The van der Waals surface area contributed by atoms with Gasteiger partial charge in [-0.1, -0.05) is 30.3 Å². The molecule has 1 saturated heterocycles. The monoisotopic (exact) mass is 254 g/mol. The lowest BCUT2D eigenvalue weighted by Crippen LogP contribution is -2.50. The Hall–Kier alpha value is -0.980. The topological polar surface area (TPSA) is 79.2 Å². The molecular weight excluding hydrogens is 236 g/mol. The summed E-state index contributed by atoms with van der Waals surface area (Å²) in [6.45, 7) is 0.0237. The molecule has 1 aliphatic rings. The van der Waals surface area contributed by atoms with Gasteiger partial charge in [0, 0.05) is 6.42 Å². The fourth-order valence-corrected chi connectivity index (χ4v) is 1.94. The van der Waals surface area contributed by atoms with Crippen molar-refractivity contribution in [2.45, 2.75) is 37.6 Å². The molecule has 18 heavy (non-hydrogen) atoms. The zero-order chi connectivity index (χ0) is 13.0. The Labute approximate surface area is 106 Å². The Morgan fingerprint density at radius 1 is 1.22 bits per heavy atom. The SMILES string of the molecule is OC[C@H]1O[C@H](OCc2ccccc2)C[C@H](O)[C@@H]1O. The minimum Gasteiger partial charge on any atom is -0.394 e. The van der Waals surface area contributed by atoms with Crippen molar-refractivity contribution < 1.29 is 24.8 Å². The van der Waals surface area contributed by atoms with Gasteiger partial charge >= 0.3 is 0 Å². The van der Waals surface area contributed by atoms with Crippen molar-refractivity contribution >= 4 is 0 Å². The van der Waals surface area contributed by atoms with E-state index in [-0.39, 0.29) is 13.0 Å². The second-order valence-corrected chi connectivity index (χ2v) is 4.38. The van der Waals surface area contributed by atoms with Crippen molar-refractivity contribution in [2.24, 2.45) is 0 Å². The van der Waals surface area contributed by atoms with Gasteiger partial charge in [0.2, 0.25) is 0 Å². The van der Waals surface area contributed by atoms with Gasteiger partial charge in [0.15, 0.2) is 6.29 Å². The maximum Gasteiger partial charge on any atom is 0.161 e. The summed E-state index contributed by atoms with van der Waals surface area (Å²) in [5.74, 6) is 0. The van der Waals surface area contributed by atoms with Gasteiger partial charge in [-0.3, -0.25) is 0 Å². The maximum atomic E-state index is 9.63. The average molecular weight is 254 g/mol. The summed E-state index contributed by atoms with van der Waals surface area (Å²) in [5.41, 5.74) is 1.00. The molecule has 4 atom stereocenters. The van der Waals surface area contributed by atoms with Gasteiger partial charge in [-0.25, -0.2) is 0 Å². The molecular formula is C13H18O5. The number of ether oxygens (including phenoxy) is 2. The van der Waals surface area contributed by atoms with E-state index >= 15 is 0 Å². The maximum absolute atomic E-state index is 9.63. The molecule has 5 heteroatoms. The normalized spacial score (nSPS) is 32.4. The zero-order valence-electron chi connectivity index (χ0n) is 9.98. The van der Waals surface area contributed by atoms with Crippen molar-refractivity contribution in [3.63, 3.8) is 0 Å². The van der Waals surface area contributed by atoms with Crippen molar-refractivity contribution in [1.29, 1.82) is 0 Å². The van der Waals surface area contributed by atoms with Crippen molar-refractivity contribution in [2.75, 3.05) is 6.61 Å². The van der Waals surface area contributed by atoms with E-state index < -0.39 is 24.6 Å². The highest BCUT2D eigenvalue weighted by Gasteiger charge is 2.36. The van der Waals surface area contributed by atoms with Gasteiger partial charge in [0.1, 0.15) is 12.2 Å². The zero-order valence-corrected chi connectivity index (χ0v) is 9.98. The fourth-order valence-electron chi connectivity index (χ4n) is 1.94. The lowest BCUT2D eigenvalue weighted by atomic mass is 10.0. The lowest BCUT2D eigenvalue weighted by Gasteiger charge is -2.36. The molecule has 0 aliphatic carbocycles. The highest BCUT2D eigenvalue weighted by molar-refractivity contribution is 5.13. The van der Waals surface area contributed by atoms with E-state index in [1.54, 1.807) is 0 Å². The molecule has 0 amide bonds. The summed E-state index contributed by atoms with van der Waals surface area (Å²) in [4.78, 5) is 0. The third-order valence-corrected chi connectivity index (χ3v) is 2.99. The van der Waals surface area contributed by atoms with E-state index in [0.717, 1.165) is 5.56 Å². The number of aliphatic hydroxyl groups is 3. The van der Waals surface area contributed by atoms with E-state index in [1.807, 2.05) is 30.3 Å². The summed E-state index contributed by atoms with van der Waals surface area (Å²) >= 11 is 0. The van der Waals surface area contributed by atoms with Crippen LogP contribution in [0, 0.1) is 0 Å². The Morgan fingerprint density at radius 2 is 1.94 bits per heavy atom. The predicted molar refractivity (Wildman–Crippen MR) is 63.6 cm³/mol. The minimum atomic E-state index is -1.06. The first-order chi connectivity index (χ1) is 8.70. The van der Waals surface area contributed by atoms with Crippen LogP contribution in [0.25, 0.3) is 0 Å². The van der Waals surface area contributed by atoms with Crippen molar-refractivity contribution in [3.8, 4) is 0 Å². The second-order valence-electron chi connectivity index (χ2n) is 4.38. The summed E-state index contributed by atoms with van der Waals surface area (Å²) in [6, 6.07) is 9.60. The molecule has 0 saturated carbocycles. The Kier molecular flexibility index (Phi) is 4.68. The Balaban J connectivity index is 1.86. The Bertz CT molecular complexity index is 356. The van der Waals surface area contributed by atoms with Gasteiger partial charge in [0.05, 0.1) is 19.3 Å². The summed E-state index contributed by atoms with van der Waals surface area (Å²) < 4.78 is 10.9. The Morgan fingerprint density at radius 3 is 2.61 bits per heavy atom. The first kappa shape index (κ1) is 13.5. The van der Waals surface area contributed by atoms with E-state index in [9.17, 15) is 10.2 Å². The third-order valence-electron chi connectivity index (χ3n) is 2.99. The highest BCUT2D eigenvalue weighted by atomic mass is 16.7. The molecule has 100 valence electrons. The van der Waals surface area contributed by atoms with Crippen molar-refractivity contribution in [1.82, 2.24) is 0 Å². The molecule has 2 rings (SSSR count). The molecule has 1 aliphatic heterocycles. The van der Waals surface area contributed by atoms with E-state index in [1.165, 1.54) is 0 Å². The molecule has 1 fully saturated rings. The number of benzene rings is 1. The van der Waals surface area contributed by atoms with Crippen LogP contribution >= 0.6 is 0 Å². The minimum absolute atomic E-state index is 0.199. The van der Waals surface area contributed by atoms with Crippen LogP contribution in [0.2, 0.25) is 0 Å². The van der Waals surface area contributed by atoms with Crippen LogP contribution < -0.4 is 0 Å². The molecule has 0 bridgehead atoms. The van der Waals surface area contributed by atoms with E-state index in [4.69, 9.17) is 14.6 Å². The quantitative estimate of drug-likeness (QED) is 0.706. The first-order valence-electron chi connectivity index (χ1n) is 5.98.